The summed E-state index contributed by atoms with van der Waals surface area (Å²) in [4.78, 5) is 13.2. The molecule has 1 heterocycles. The van der Waals surface area contributed by atoms with E-state index in [-0.39, 0.29) is 12.5 Å². The average molecular weight is 202 g/mol. The number of methoxy groups -OCH3 is 1. The summed E-state index contributed by atoms with van der Waals surface area (Å²) in [6.07, 6.45) is 0.0910. The van der Waals surface area contributed by atoms with Crippen LogP contribution < -0.4 is 5.73 Å². The minimum Gasteiger partial charge on any atom is -0.386 e. The number of amides is 1. The van der Waals surface area contributed by atoms with Gasteiger partial charge in [0.25, 0.3) is 5.91 Å². The molecule has 1 aliphatic rings. The van der Waals surface area contributed by atoms with Gasteiger partial charge in [-0.25, -0.2) is 0 Å². The van der Waals surface area contributed by atoms with Gasteiger partial charge in [-0.15, -0.1) is 0 Å². The number of likely N-dealkylation sites (tertiary alicyclic amines) is 1. The molecule has 82 valence electrons. The molecule has 0 aromatic carbocycles. The first-order valence-corrected chi connectivity index (χ1v) is 4.80. The molecule has 1 fully saturated rings. The number of nitrogens with zero attached hydrogens (tertiary/aromatic N) is 1. The second kappa shape index (κ2) is 4.25. The summed E-state index contributed by atoms with van der Waals surface area (Å²) in [5.41, 5.74) is 4.67. The highest BCUT2D eigenvalue weighted by Gasteiger charge is 2.43. The van der Waals surface area contributed by atoms with Gasteiger partial charge >= 0.3 is 0 Å². The first kappa shape index (κ1) is 11.4. The highest BCUT2D eigenvalue weighted by atomic mass is 16.5. The van der Waals surface area contributed by atoms with Gasteiger partial charge in [-0.3, -0.25) is 4.79 Å². The smallest absolute Gasteiger partial charge is 0.253 e. The fraction of sp³-hybridized carbons (Fsp3) is 0.889. The third kappa shape index (κ3) is 2.05. The Labute approximate surface area is 83.8 Å². The summed E-state index contributed by atoms with van der Waals surface area (Å²) in [7, 11) is 1.46. The maximum Gasteiger partial charge on any atom is 0.253 e. The lowest BCUT2D eigenvalue weighted by atomic mass is 9.91. The van der Waals surface area contributed by atoms with Crippen molar-refractivity contribution in [1.29, 1.82) is 0 Å². The van der Waals surface area contributed by atoms with Gasteiger partial charge in [-0.1, -0.05) is 6.92 Å². The van der Waals surface area contributed by atoms with E-state index in [2.05, 4.69) is 0 Å². The number of aliphatic hydroxyl groups is 1. The third-order valence-electron chi connectivity index (χ3n) is 2.71. The van der Waals surface area contributed by atoms with Crippen molar-refractivity contribution >= 4 is 5.91 Å². The number of hydrogen-bond acceptors (Lipinski definition) is 4. The normalized spacial score (nSPS) is 21.6. The predicted molar refractivity (Wildman–Crippen MR) is 51.7 cm³/mol. The van der Waals surface area contributed by atoms with Crippen molar-refractivity contribution < 1.29 is 14.6 Å². The van der Waals surface area contributed by atoms with E-state index in [1.165, 1.54) is 7.11 Å². The third-order valence-corrected chi connectivity index (χ3v) is 2.71. The van der Waals surface area contributed by atoms with Crippen LogP contribution in [0.15, 0.2) is 0 Å². The molecule has 5 nitrogen and oxygen atoms in total. The molecular weight excluding hydrogens is 184 g/mol. The van der Waals surface area contributed by atoms with E-state index in [1.807, 2.05) is 6.92 Å². The fourth-order valence-corrected chi connectivity index (χ4v) is 1.55. The summed E-state index contributed by atoms with van der Waals surface area (Å²) >= 11 is 0. The zero-order valence-corrected chi connectivity index (χ0v) is 8.69. The minimum atomic E-state index is -0.692. The molecule has 0 bridgehead atoms. The Balaban J connectivity index is 2.43. The zero-order chi connectivity index (χ0) is 10.8. The number of ether oxygens (including phenoxy) is 1. The number of nitrogens with two attached hydrogens (primary N) is 1. The molecule has 5 heteroatoms. The van der Waals surface area contributed by atoms with Crippen molar-refractivity contribution in [1.82, 2.24) is 4.90 Å². The summed E-state index contributed by atoms with van der Waals surface area (Å²) in [5.74, 6) is -0.131. The molecule has 0 aromatic heterocycles. The van der Waals surface area contributed by atoms with Crippen LogP contribution in [0.3, 0.4) is 0 Å². The molecule has 3 N–H and O–H groups in total. The van der Waals surface area contributed by atoms with Crippen molar-refractivity contribution in [2.75, 3.05) is 26.7 Å². The highest BCUT2D eigenvalue weighted by Crippen LogP contribution is 2.24. The van der Waals surface area contributed by atoms with Gasteiger partial charge in [-0.2, -0.15) is 0 Å². The molecule has 1 amide bonds. The number of rotatable bonds is 4. The van der Waals surface area contributed by atoms with E-state index in [9.17, 15) is 9.90 Å². The van der Waals surface area contributed by atoms with Crippen LogP contribution in [0.4, 0.5) is 0 Å². The Morgan fingerprint density at radius 1 is 1.71 bits per heavy atom. The Bertz CT molecular complexity index is 210. The van der Waals surface area contributed by atoms with Gasteiger partial charge < -0.3 is 20.5 Å². The van der Waals surface area contributed by atoms with Crippen LogP contribution in [0.1, 0.15) is 13.3 Å². The lowest BCUT2D eigenvalue weighted by molar-refractivity contribution is -0.165. The molecule has 1 atom stereocenters. The Morgan fingerprint density at radius 2 is 2.29 bits per heavy atom. The Morgan fingerprint density at radius 3 is 2.64 bits per heavy atom. The fourth-order valence-electron chi connectivity index (χ4n) is 1.55. The van der Waals surface area contributed by atoms with Crippen LogP contribution in [-0.4, -0.2) is 54.4 Å². The van der Waals surface area contributed by atoms with Gasteiger partial charge in [0, 0.05) is 13.7 Å². The number of carbonyl (C=O) groups excluding carboxylic acids is 1. The van der Waals surface area contributed by atoms with Gasteiger partial charge in [-0.05, 0) is 6.42 Å². The molecule has 1 rings (SSSR count). The quantitative estimate of drug-likeness (QED) is 0.609. The van der Waals surface area contributed by atoms with Crippen molar-refractivity contribution in [2.45, 2.75) is 25.0 Å². The molecule has 1 saturated heterocycles. The molecule has 0 radical (unpaired) electrons. The summed E-state index contributed by atoms with van der Waals surface area (Å²) < 4.78 is 4.92. The first-order chi connectivity index (χ1) is 6.56. The number of β-amino-alcohol motifs (C(OH)–C–C–N with tert-alkyl or cyclic N) is 1. The van der Waals surface area contributed by atoms with E-state index in [0.29, 0.717) is 19.5 Å². The van der Waals surface area contributed by atoms with Crippen LogP contribution in [0.25, 0.3) is 0 Å². The topological polar surface area (TPSA) is 75.8 Å². The van der Waals surface area contributed by atoms with E-state index >= 15 is 0 Å². The van der Waals surface area contributed by atoms with Crippen LogP contribution in [0, 0.1) is 0 Å². The minimum absolute atomic E-state index is 0.131. The van der Waals surface area contributed by atoms with Gasteiger partial charge in [0.15, 0.2) is 0 Å². The van der Waals surface area contributed by atoms with Crippen molar-refractivity contribution in [3.63, 3.8) is 0 Å². The van der Waals surface area contributed by atoms with E-state index in [4.69, 9.17) is 10.5 Å². The molecule has 1 aliphatic heterocycles. The van der Waals surface area contributed by atoms with Gasteiger partial charge in [0.1, 0.15) is 6.10 Å². The van der Waals surface area contributed by atoms with E-state index < -0.39 is 11.7 Å². The summed E-state index contributed by atoms with van der Waals surface area (Å²) in [6, 6.07) is 0. The van der Waals surface area contributed by atoms with E-state index in [1.54, 1.807) is 4.90 Å². The van der Waals surface area contributed by atoms with E-state index in [0.717, 1.165) is 0 Å². The lowest BCUT2D eigenvalue weighted by Crippen LogP contribution is -2.65. The monoisotopic (exact) mass is 202 g/mol. The van der Waals surface area contributed by atoms with Crippen molar-refractivity contribution in [3.05, 3.63) is 0 Å². The molecule has 0 spiro atoms. The van der Waals surface area contributed by atoms with Gasteiger partial charge in [0.05, 0.1) is 18.7 Å². The molecule has 0 aromatic rings. The molecule has 0 saturated carbocycles. The molecule has 14 heavy (non-hydrogen) atoms. The summed E-state index contributed by atoms with van der Waals surface area (Å²) in [5, 5.41) is 9.70. The largest absolute Gasteiger partial charge is 0.386 e. The second-order valence-electron chi connectivity index (χ2n) is 3.73. The second-order valence-corrected chi connectivity index (χ2v) is 3.73. The summed E-state index contributed by atoms with van der Waals surface area (Å²) in [6.45, 7) is 2.86. The average Bonchev–Trinajstić information content (AvgIpc) is 2.14. The molecule has 1 unspecified atom stereocenters. The van der Waals surface area contributed by atoms with Crippen LogP contribution in [-0.2, 0) is 9.53 Å². The predicted octanol–water partition coefficient (Wildman–Crippen LogP) is -1.06. The van der Waals surface area contributed by atoms with Crippen molar-refractivity contribution in [2.24, 2.45) is 5.73 Å². The Hall–Kier alpha value is -0.650. The number of hydrogen-bond donors (Lipinski definition) is 2. The maximum atomic E-state index is 11.6. The van der Waals surface area contributed by atoms with Crippen LogP contribution in [0.2, 0.25) is 0 Å². The van der Waals surface area contributed by atoms with Crippen molar-refractivity contribution in [3.8, 4) is 0 Å². The molecule has 0 aliphatic carbocycles. The SMILES string of the molecule is CCC1(O)CN(C(=O)C(CN)OC)C1. The van der Waals surface area contributed by atoms with Crippen LogP contribution >= 0.6 is 0 Å². The van der Waals surface area contributed by atoms with Gasteiger partial charge in [0.2, 0.25) is 0 Å². The maximum absolute atomic E-state index is 11.6. The Kier molecular flexibility index (Phi) is 3.47. The lowest BCUT2D eigenvalue weighted by Gasteiger charge is -2.46. The molecular formula is C9H18N2O3. The number of carbonyl (C=O) groups is 1. The van der Waals surface area contributed by atoms with Crippen LogP contribution in [0.5, 0.6) is 0 Å². The zero-order valence-electron chi connectivity index (χ0n) is 8.69. The highest BCUT2D eigenvalue weighted by molar-refractivity contribution is 5.82. The standard InChI is InChI=1S/C9H18N2O3/c1-3-9(13)5-11(6-9)8(12)7(4-10)14-2/h7,13H,3-6,10H2,1-2H3. The first-order valence-electron chi connectivity index (χ1n) is 4.80.